The topological polar surface area (TPSA) is 104 Å². The second kappa shape index (κ2) is 17.9. The first kappa shape index (κ1) is 29.5. The predicted molar refractivity (Wildman–Crippen MR) is 133 cm³/mol. The third kappa shape index (κ3) is 14.4. The van der Waals surface area contributed by atoms with Crippen LogP contribution in [0.2, 0.25) is 0 Å². The van der Waals surface area contributed by atoms with Crippen LogP contribution in [0.5, 0.6) is 0 Å². The van der Waals surface area contributed by atoms with Crippen LogP contribution in [0.15, 0.2) is 40.9 Å². The molecule has 3 atom stereocenters. The quantitative estimate of drug-likeness (QED) is 0.106. The van der Waals surface area contributed by atoms with Crippen molar-refractivity contribution in [1.29, 1.82) is 0 Å². The number of unbranched alkanes of at least 4 members (excludes halogenated alkanes) is 4. The second-order valence-corrected chi connectivity index (χ2v) is 9.29. The summed E-state index contributed by atoms with van der Waals surface area (Å²) in [5.74, 6) is -0.592. The molecular weight excluding hydrogens is 488 g/mol. The van der Waals surface area contributed by atoms with Crippen LogP contribution in [0.25, 0.3) is 0 Å². The van der Waals surface area contributed by atoms with Crippen molar-refractivity contribution in [2.45, 2.75) is 95.9 Å². The Bertz CT molecular complexity index is 703. The number of carbonyl (C=O) groups is 2. The van der Waals surface area contributed by atoms with E-state index < -0.39 is 18.3 Å². The highest BCUT2D eigenvalue weighted by Crippen LogP contribution is 2.15. The average Bonchev–Trinajstić information content (AvgIpc) is 2.80. The molecule has 0 radical (unpaired) electrons. The zero-order valence-corrected chi connectivity index (χ0v) is 21.2. The molecule has 1 aromatic carbocycles. The largest absolute Gasteiger partial charge is 0.457 e. The van der Waals surface area contributed by atoms with Crippen molar-refractivity contribution >= 4 is 27.7 Å². The van der Waals surface area contributed by atoms with Gasteiger partial charge in [-0.2, -0.15) is 0 Å². The van der Waals surface area contributed by atoms with Crippen molar-refractivity contribution < 1.29 is 29.6 Å². The summed E-state index contributed by atoms with van der Waals surface area (Å²) < 4.78 is 5.94. The van der Waals surface area contributed by atoms with Gasteiger partial charge in [0.1, 0.15) is 0 Å². The Hall–Kier alpha value is -1.54. The van der Waals surface area contributed by atoms with E-state index in [-0.39, 0.29) is 24.8 Å². The maximum atomic E-state index is 12.0. The number of hydrogen-bond donors (Lipinski definition) is 3. The van der Waals surface area contributed by atoms with Gasteiger partial charge in [-0.3, -0.25) is 9.59 Å². The lowest BCUT2D eigenvalue weighted by Crippen LogP contribution is -2.27. The molecule has 0 heterocycles. The molecule has 0 saturated heterocycles. The monoisotopic (exact) mass is 526 g/mol. The van der Waals surface area contributed by atoms with E-state index in [1.165, 1.54) is 0 Å². The van der Waals surface area contributed by atoms with Gasteiger partial charge in [-0.25, -0.2) is 0 Å². The third-order valence-corrected chi connectivity index (χ3v) is 5.99. The standard InChI is InChI=1S/C26H39BrO6/c1-2-3-7-10-22(28)17-18-24(30)23(29)11-8-5-4-6-9-12-26(32)33-19-25(31)20-13-15-21(27)16-14-20/h3,7,13-16,22-24,28-30H,2,4-6,8-12,17-19H2,1H3/t22-,23+,24-/m0/s1. The van der Waals surface area contributed by atoms with E-state index >= 15 is 0 Å². The van der Waals surface area contributed by atoms with E-state index in [0.29, 0.717) is 37.7 Å². The van der Waals surface area contributed by atoms with Crippen molar-refractivity contribution in [3.8, 4) is 0 Å². The molecule has 0 unspecified atom stereocenters. The number of benzene rings is 1. The van der Waals surface area contributed by atoms with E-state index in [9.17, 15) is 24.9 Å². The molecule has 0 saturated carbocycles. The molecule has 3 N–H and O–H groups in total. The summed E-state index contributed by atoms with van der Waals surface area (Å²) in [5, 5.41) is 30.0. The number of Topliss-reactive ketones (excluding diaryl/α,β-unsaturated/α-hetero) is 1. The van der Waals surface area contributed by atoms with Gasteiger partial charge in [0.25, 0.3) is 0 Å². The van der Waals surface area contributed by atoms with Gasteiger partial charge in [-0.05, 0) is 50.7 Å². The summed E-state index contributed by atoms with van der Waals surface area (Å²) in [6.45, 7) is 1.79. The molecule has 0 aliphatic rings. The SMILES string of the molecule is CCC=CC[C@H](O)CC[C@H](O)[C@H](O)CCCCCCCC(=O)OCC(=O)c1ccc(Br)cc1. The Morgan fingerprint density at radius 1 is 0.909 bits per heavy atom. The Labute approximate surface area is 206 Å². The lowest BCUT2D eigenvalue weighted by molar-refractivity contribution is -0.142. The summed E-state index contributed by atoms with van der Waals surface area (Å²) in [7, 11) is 0. The first-order valence-electron chi connectivity index (χ1n) is 12.0. The van der Waals surface area contributed by atoms with E-state index in [1.807, 2.05) is 19.1 Å². The number of halogens is 1. The smallest absolute Gasteiger partial charge is 0.306 e. The molecule has 186 valence electrons. The summed E-state index contributed by atoms with van der Waals surface area (Å²) >= 11 is 3.31. The molecule has 0 aliphatic carbocycles. The van der Waals surface area contributed by atoms with Gasteiger partial charge in [-0.1, -0.05) is 72.8 Å². The van der Waals surface area contributed by atoms with Crippen molar-refractivity contribution in [3.63, 3.8) is 0 Å². The number of rotatable bonds is 18. The van der Waals surface area contributed by atoms with Crippen LogP contribution in [0.4, 0.5) is 0 Å². The fourth-order valence-corrected chi connectivity index (χ4v) is 3.64. The molecule has 0 aromatic heterocycles. The van der Waals surface area contributed by atoms with Crippen LogP contribution in [0.1, 0.15) is 87.9 Å². The third-order valence-electron chi connectivity index (χ3n) is 5.46. The summed E-state index contributed by atoms with van der Waals surface area (Å²) in [6, 6.07) is 6.91. The number of ketones is 1. The molecule has 0 spiro atoms. The van der Waals surface area contributed by atoms with Gasteiger partial charge in [0, 0.05) is 16.5 Å². The molecule has 1 rings (SSSR count). The van der Waals surface area contributed by atoms with Gasteiger partial charge in [0.15, 0.2) is 12.4 Å². The molecule has 0 aliphatic heterocycles. The highest BCUT2D eigenvalue weighted by Gasteiger charge is 2.17. The zero-order valence-electron chi connectivity index (χ0n) is 19.6. The number of aliphatic hydroxyl groups excluding tert-OH is 3. The zero-order chi connectivity index (χ0) is 24.5. The summed E-state index contributed by atoms with van der Waals surface area (Å²) in [4.78, 5) is 23.8. The van der Waals surface area contributed by atoms with E-state index in [4.69, 9.17) is 4.74 Å². The first-order chi connectivity index (χ1) is 15.8. The normalized spacial score (nSPS) is 14.2. The summed E-state index contributed by atoms with van der Waals surface area (Å²) in [5.41, 5.74) is 0.513. The lowest BCUT2D eigenvalue weighted by atomic mass is 9.99. The number of ether oxygens (including phenoxy) is 1. The minimum atomic E-state index is -0.815. The highest BCUT2D eigenvalue weighted by molar-refractivity contribution is 9.10. The molecule has 1 aromatic rings. The maximum absolute atomic E-state index is 12.0. The van der Waals surface area contributed by atoms with Crippen LogP contribution in [-0.4, -0.2) is 52.0 Å². The fourth-order valence-electron chi connectivity index (χ4n) is 3.38. The molecule has 33 heavy (non-hydrogen) atoms. The maximum Gasteiger partial charge on any atom is 0.306 e. The number of aliphatic hydroxyl groups is 3. The number of carbonyl (C=O) groups excluding carboxylic acids is 2. The first-order valence-corrected chi connectivity index (χ1v) is 12.8. The lowest BCUT2D eigenvalue weighted by Gasteiger charge is -2.19. The summed E-state index contributed by atoms with van der Waals surface area (Å²) in [6.07, 6.45) is 9.23. The minimum Gasteiger partial charge on any atom is -0.457 e. The van der Waals surface area contributed by atoms with Crippen molar-refractivity contribution in [1.82, 2.24) is 0 Å². The van der Waals surface area contributed by atoms with E-state index in [0.717, 1.165) is 36.6 Å². The van der Waals surface area contributed by atoms with E-state index in [2.05, 4.69) is 15.9 Å². The number of hydrogen-bond acceptors (Lipinski definition) is 6. The molecule has 6 nitrogen and oxygen atoms in total. The second-order valence-electron chi connectivity index (χ2n) is 8.38. The molecule has 0 bridgehead atoms. The number of allylic oxidation sites excluding steroid dienone is 1. The Kier molecular flexibility index (Phi) is 16.0. The molecule has 7 heteroatoms. The Morgan fingerprint density at radius 2 is 1.55 bits per heavy atom. The Morgan fingerprint density at radius 3 is 2.24 bits per heavy atom. The molecule has 0 amide bonds. The average molecular weight is 527 g/mol. The highest BCUT2D eigenvalue weighted by atomic mass is 79.9. The Balaban J connectivity index is 2.03. The van der Waals surface area contributed by atoms with Crippen molar-refractivity contribution in [3.05, 3.63) is 46.5 Å². The van der Waals surface area contributed by atoms with Gasteiger partial charge in [0.2, 0.25) is 0 Å². The number of esters is 1. The van der Waals surface area contributed by atoms with Crippen LogP contribution >= 0.6 is 15.9 Å². The van der Waals surface area contributed by atoms with Crippen molar-refractivity contribution in [2.75, 3.05) is 6.61 Å². The van der Waals surface area contributed by atoms with Gasteiger partial charge >= 0.3 is 5.97 Å². The van der Waals surface area contributed by atoms with Gasteiger partial charge < -0.3 is 20.1 Å². The van der Waals surface area contributed by atoms with Crippen molar-refractivity contribution in [2.24, 2.45) is 0 Å². The van der Waals surface area contributed by atoms with Crippen LogP contribution < -0.4 is 0 Å². The molecular formula is C26H39BrO6. The fraction of sp³-hybridized carbons (Fsp3) is 0.615. The molecule has 0 fully saturated rings. The predicted octanol–water partition coefficient (Wildman–Crippen LogP) is 5.12. The van der Waals surface area contributed by atoms with Crippen LogP contribution in [0.3, 0.4) is 0 Å². The minimum absolute atomic E-state index is 0.223. The van der Waals surface area contributed by atoms with Crippen LogP contribution in [-0.2, 0) is 9.53 Å². The van der Waals surface area contributed by atoms with Gasteiger partial charge in [-0.15, -0.1) is 0 Å². The van der Waals surface area contributed by atoms with E-state index in [1.54, 1.807) is 24.3 Å². The van der Waals surface area contributed by atoms with Gasteiger partial charge in [0.05, 0.1) is 18.3 Å². The van der Waals surface area contributed by atoms with Crippen LogP contribution in [0, 0.1) is 0 Å².